The van der Waals surface area contributed by atoms with Crippen molar-refractivity contribution in [1.29, 1.82) is 0 Å². The molecule has 154 valence electrons. The highest BCUT2D eigenvalue weighted by molar-refractivity contribution is 5.87. The van der Waals surface area contributed by atoms with Crippen LogP contribution in [-0.2, 0) is 4.79 Å². The maximum absolute atomic E-state index is 12.0. The van der Waals surface area contributed by atoms with Gasteiger partial charge in [0, 0.05) is 37.0 Å². The molecule has 1 aliphatic heterocycles. The van der Waals surface area contributed by atoms with Crippen LogP contribution in [-0.4, -0.2) is 38.3 Å². The molecule has 1 amide bonds. The quantitative estimate of drug-likeness (QED) is 0.448. The van der Waals surface area contributed by atoms with Crippen LogP contribution in [0.3, 0.4) is 0 Å². The molecule has 3 heterocycles. The molecule has 6 heteroatoms. The van der Waals surface area contributed by atoms with E-state index in [0.29, 0.717) is 6.54 Å². The minimum atomic E-state index is -0.0285. The second kappa shape index (κ2) is 8.07. The molecule has 0 spiro atoms. The number of amides is 1. The van der Waals surface area contributed by atoms with Gasteiger partial charge in [0.1, 0.15) is 17.3 Å². The zero-order valence-electron chi connectivity index (χ0n) is 17.0. The number of rotatable bonds is 5. The van der Waals surface area contributed by atoms with Gasteiger partial charge in [-0.3, -0.25) is 14.2 Å². The van der Waals surface area contributed by atoms with Gasteiger partial charge in [0.25, 0.3) is 0 Å². The van der Waals surface area contributed by atoms with Crippen molar-refractivity contribution in [2.75, 3.05) is 13.1 Å². The summed E-state index contributed by atoms with van der Waals surface area (Å²) < 4.78 is 7.99. The van der Waals surface area contributed by atoms with Crippen LogP contribution in [0, 0.1) is 0 Å². The summed E-state index contributed by atoms with van der Waals surface area (Å²) in [5.41, 5.74) is 2.82. The topological polar surface area (TPSA) is 59.7 Å². The van der Waals surface area contributed by atoms with E-state index >= 15 is 0 Å². The van der Waals surface area contributed by atoms with E-state index in [0.717, 1.165) is 47.1 Å². The van der Waals surface area contributed by atoms with Gasteiger partial charge in [-0.2, -0.15) is 0 Å². The van der Waals surface area contributed by atoms with Crippen molar-refractivity contribution in [3.63, 3.8) is 0 Å². The highest BCUT2D eigenvalue weighted by Crippen LogP contribution is 2.33. The van der Waals surface area contributed by atoms with Gasteiger partial charge in [0.2, 0.25) is 5.91 Å². The van der Waals surface area contributed by atoms with Gasteiger partial charge >= 0.3 is 0 Å². The summed E-state index contributed by atoms with van der Waals surface area (Å²) in [4.78, 5) is 23.1. The molecule has 1 saturated heterocycles. The van der Waals surface area contributed by atoms with Gasteiger partial charge in [0.15, 0.2) is 0 Å². The first-order valence-electron chi connectivity index (χ1n) is 10.3. The maximum atomic E-state index is 12.0. The number of nitrogens with zero attached hydrogens (tertiary/aromatic N) is 4. The highest BCUT2D eigenvalue weighted by atomic mass is 16.5. The Morgan fingerprint density at radius 2 is 1.87 bits per heavy atom. The predicted molar refractivity (Wildman–Crippen MR) is 119 cm³/mol. The third-order valence-electron chi connectivity index (χ3n) is 5.62. The second-order valence-corrected chi connectivity index (χ2v) is 7.56. The molecule has 2 aromatic carbocycles. The van der Waals surface area contributed by atoms with E-state index in [9.17, 15) is 4.79 Å². The van der Waals surface area contributed by atoms with Crippen LogP contribution >= 0.6 is 0 Å². The van der Waals surface area contributed by atoms with E-state index in [-0.39, 0.29) is 11.8 Å². The van der Waals surface area contributed by atoms with Crippen molar-refractivity contribution in [1.82, 2.24) is 19.3 Å². The molecule has 0 aliphatic carbocycles. The van der Waals surface area contributed by atoms with E-state index in [1.165, 1.54) is 6.08 Å². The molecule has 0 saturated carbocycles. The molecule has 0 radical (unpaired) electrons. The first-order chi connectivity index (χ1) is 15.2. The predicted octanol–water partition coefficient (Wildman–Crippen LogP) is 4.69. The number of aromatic nitrogens is 3. The fraction of sp³-hybridized carbons (Fsp3) is 0.160. The minimum absolute atomic E-state index is 0.0285. The van der Waals surface area contributed by atoms with E-state index in [1.54, 1.807) is 6.20 Å². The number of carbonyl (C=O) groups excluding carboxylic acids is 1. The molecule has 0 bridgehead atoms. The monoisotopic (exact) mass is 410 g/mol. The van der Waals surface area contributed by atoms with Crippen molar-refractivity contribution < 1.29 is 9.53 Å². The van der Waals surface area contributed by atoms with Crippen molar-refractivity contribution in [2.24, 2.45) is 0 Å². The lowest BCUT2D eigenvalue weighted by molar-refractivity contribution is -0.125. The van der Waals surface area contributed by atoms with Crippen molar-refractivity contribution in [3.8, 4) is 22.8 Å². The number of carbonyl (C=O) groups is 1. The number of hydrogen-bond donors (Lipinski definition) is 0. The molecule has 1 atom stereocenters. The number of hydrogen-bond acceptors (Lipinski definition) is 4. The van der Waals surface area contributed by atoms with Crippen LogP contribution in [0.4, 0.5) is 0 Å². The Balaban J connectivity index is 1.45. The lowest BCUT2D eigenvalue weighted by Crippen LogP contribution is -2.26. The summed E-state index contributed by atoms with van der Waals surface area (Å²) in [5.74, 6) is 2.67. The standard InChI is InChI=1S/C25H22N4O2/c1-2-23(30)28-14-12-19(17-28)25-27-24(22-16-26-13-15-29(22)25)18-8-10-21(11-9-18)31-20-6-4-3-5-7-20/h2-11,13,15-16,19H,1,12,14,17H2/t19-/m0/s1. The van der Waals surface area contributed by atoms with Crippen molar-refractivity contribution >= 4 is 11.4 Å². The number of likely N-dealkylation sites (tertiary alicyclic amines) is 1. The molecule has 2 aromatic heterocycles. The van der Waals surface area contributed by atoms with E-state index < -0.39 is 0 Å². The molecule has 0 N–H and O–H groups in total. The fourth-order valence-corrected chi connectivity index (χ4v) is 4.07. The van der Waals surface area contributed by atoms with Crippen LogP contribution in [0.1, 0.15) is 18.2 Å². The van der Waals surface area contributed by atoms with Gasteiger partial charge in [-0.15, -0.1) is 0 Å². The van der Waals surface area contributed by atoms with Crippen molar-refractivity contribution in [2.45, 2.75) is 12.3 Å². The second-order valence-electron chi connectivity index (χ2n) is 7.56. The summed E-state index contributed by atoms with van der Waals surface area (Å²) in [6.07, 6.45) is 7.79. The Hall–Kier alpha value is -3.93. The number of benzene rings is 2. The molecule has 0 unspecified atom stereocenters. The number of para-hydroxylation sites is 1. The SMILES string of the molecule is C=CC(=O)N1CC[C@H](c2nc(-c3ccc(Oc4ccccc4)cc3)c3cnccn23)C1. The third kappa shape index (κ3) is 3.68. The number of ether oxygens (including phenoxy) is 1. The Labute approximate surface area is 180 Å². The van der Waals surface area contributed by atoms with E-state index in [1.807, 2.05) is 71.9 Å². The average Bonchev–Trinajstić information content (AvgIpc) is 3.45. The molecule has 31 heavy (non-hydrogen) atoms. The summed E-state index contributed by atoms with van der Waals surface area (Å²) in [6.45, 7) is 4.97. The normalized spacial score (nSPS) is 15.9. The lowest BCUT2D eigenvalue weighted by Gasteiger charge is -2.13. The molecule has 1 aliphatic rings. The Kier molecular flexibility index (Phi) is 4.96. The maximum Gasteiger partial charge on any atom is 0.245 e. The first kappa shape index (κ1) is 19.1. The Bertz CT molecular complexity index is 1230. The number of fused-ring (bicyclic) bond motifs is 1. The zero-order chi connectivity index (χ0) is 21.2. The molecular formula is C25H22N4O2. The molecular weight excluding hydrogens is 388 g/mol. The summed E-state index contributed by atoms with van der Waals surface area (Å²) in [5, 5.41) is 0. The third-order valence-corrected chi connectivity index (χ3v) is 5.62. The summed E-state index contributed by atoms with van der Waals surface area (Å²) in [6, 6.07) is 17.6. The van der Waals surface area contributed by atoms with Gasteiger partial charge < -0.3 is 9.64 Å². The van der Waals surface area contributed by atoms with Gasteiger partial charge in [-0.05, 0) is 48.9 Å². The summed E-state index contributed by atoms with van der Waals surface area (Å²) >= 11 is 0. The number of imidazole rings is 1. The van der Waals surface area contributed by atoms with E-state index in [4.69, 9.17) is 9.72 Å². The zero-order valence-corrected chi connectivity index (χ0v) is 17.0. The molecule has 4 aromatic rings. The Morgan fingerprint density at radius 3 is 2.65 bits per heavy atom. The lowest BCUT2D eigenvalue weighted by atomic mass is 10.1. The largest absolute Gasteiger partial charge is 0.457 e. The van der Waals surface area contributed by atoms with Crippen LogP contribution in [0.5, 0.6) is 11.5 Å². The minimum Gasteiger partial charge on any atom is -0.457 e. The average molecular weight is 410 g/mol. The van der Waals surface area contributed by atoms with Gasteiger partial charge in [-0.1, -0.05) is 24.8 Å². The molecule has 6 nitrogen and oxygen atoms in total. The first-order valence-corrected chi connectivity index (χ1v) is 10.3. The van der Waals surface area contributed by atoms with Crippen LogP contribution in [0.2, 0.25) is 0 Å². The molecule has 5 rings (SSSR count). The van der Waals surface area contributed by atoms with Crippen LogP contribution in [0.15, 0.2) is 85.8 Å². The molecule has 1 fully saturated rings. The summed E-state index contributed by atoms with van der Waals surface area (Å²) in [7, 11) is 0. The Morgan fingerprint density at radius 1 is 1.10 bits per heavy atom. The smallest absolute Gasteiger partial charge is 0.245 e. The van der Waals surface area contributed by atoms with Crippen molar-refractivity contribution in [3.05, 3.63) is 91.7 Å². The van der Waals surface area contributed by atoms with Gasteiger partial charge in [0.05, 0.1) is 17.4 Å². The van der Waals surface area contributed by atoms with Crippen LogP contribution < -0.4 is 4.74 Å². The van der Waals surface area contributed by atoms with Crippen LogP contribution in [0.25, 0.3) is 16.8 Å². The van der Waals surface area contributed by atoms with E-state index in [2.05, 4.69) is 16.0 Å². The fourth-order valence-electron chi connectivity index (χ4n) is 4.07. The highest BCUT2D eigenvalue weighted by Gasteiger charge is 2.30. The van der Waals surface area contributed by atoms with Gasteiger partial charge in [-0.25, -0.2) is 4.98 Å².